The van der Waals surface area contributed by atoms with Gasteiger partial charge < -0.3 is 10.5 Å². The summed E-state index contributed by atoms with van der Waals surface area (Å²) >= 11 is 0. The van der Waals surface area contributed by atoms with Crippen LogP contribution in [0.5, 0.6) is 5.75 Å². The Balaban J connectivity index is 1.99. The molecule has 1 saturated heterocycles. The van der Waals surface area contributed by atoms with Gasteiger partial charge in [-0.15, -0.1) is 0 Å². The zero-order chi connectivity index (χ0) is 13.8. The molecule has 0 amide bonds. The SMILES string of the molecule is Cc1cc(OCCN2CCCC2)c(C(C)N)cc1F. The summed E-state index contributed by atoms with van der Waals surface area (Å²) in [5.74, 6) is 0.493. The highest BCUT2D eigenvalue weighted by molar-refractivity contribution is 5.39. The van der Waals surface area contributed by atoms with E-state index in [4.69, 9.17) is 10.5 Å². The van der Waals surface area contributed by atoms with Crippen LogP contribution in [0.15, 0.2) is 12.1 Å². The Morgan fingerprint density at radius 3 is 2.68 bits per heavy atom. The van der Waals surface area contributed by atoms with Gasteiger partial charge in [-0.1, -0.05) is 0 Å². The molecule has 1 aliphatic heterocycles. The van der Waals surface area contributed by atoms with Crippen LogP contribution in [-0.2, 0) is 0 Å². The van der Waals surface area contributed by atoms with Crippen molar-refractivity contribution in [3.05, 3.63) is 29.1 Å². The second kappa shape index (κ2) is 6.35. The number of hydrogen-bond acceptors (Lipinski definition) is 3. The molecule has 106 valence electrons. The van der Waals surface area contributed by atoms with Crippen molar-refractivity contribution in [2.75, 3.05) is 26.2 Å². The second-order valence-corrected chi connectivity index (χ2v) is 5.33. The van der Waals surface area contributed by atoms with Crippen LogP contribution in [0, 0.1) is 12.7 Å². The van der Waals surface area contributed by atoms with Gasteiger partial charge in [0.15, 0.2) is 0 Å². The first-order chi connectivity index (χ1) is 9.08. The van der Waals surface area contributed by atoms with E-state index in [2.05, 4.69) is 4.90 Å². The van der Waals surface area contributed by atoms with Gasteiger partial charge in [-0.25, -0.2) is 4.39 Å². The number of aryl methyl sites for hydroxylation is 1. The molecule has 1 aromatic carbocycles. The van der Waals surface area contributed by atoms with E-state index in [9.17, 15) is 4.39 Å². The smallest absolute Gasteiger partial charge is 0.126 e. The predicted octanol–water partition coefficient (Wildman–Crippen LogP) is 2.63. The Hall–Kier alpha value is -1.13. The standard InChI is InChI=1S/C15H23FN2O/c1-11-9-15(13(12(2)17)10-14(11)16)19-8-7-18-5-3-4-6-18/h9-10,12H,3-8,17H2,1-2H3. The number of nitrogens with zero attached hydrogens (tertiary/aromatic N) is 1. The summed E-state index contributed by atoms with van der Waals surface area (Å²) in [4.78, 5) is 2.39. The van der Waals surface area contributed by atoms with E-state index >= 15 is 0 Å². The molecule has 0 saturated carbocycles. The van der Waals surface area contributed by atoms with Gasteiger partial charge in [0.2, 0.25) is 0 Å². The third-order valence-electron chi connectivity index (χ3n) is 3.65. The molecule has 1 aliphatic rings. The van der Waals surface area contributed by atoms with Crippen molar-refractivity contribution in [2.45, 2.75) is 32.7 Å². The zero-order valence-electron chi connectivity index (χ0n) is 11.8. The molecule has 0 aliphatic carbocycles. The van der Waals surface area contributed by atoms with Gasteiger partial charge >= 0.3 is 0 Å². The summed E-state index contributed by atoms with van der Waals surface area (Å²) in [6.07, 6.45) is 2.56. The molecule has 1 atom stereocenters. The molecule has 0 aromatic heterocycles. The molecular formula is C15H23FN2O. The molecule has 4 heteroatoms. The topological polar surface area (TPSA) is 38.5 Å². The third-order valence-corrected chi connectivity index (χ3v) is 3.65. The van der Waals surface area contributed by atoms with E-state index in [1.807, 2.05) is 6.92 Å². The van der Waals surface area contributed by atoms with Crippen molar-refractivity contribution >= 4 is 0 Å². The fourth-order valence-corrected chi connectivity index (χ4v) is 2.44. The van der Waals surface area contributed by atoms with Crippen LogP contribution in [0.25, 0.3) is 0 Å². The molecule has 0 radical (unpaired) electrons. The quantitative estimate of drug-likeness (QED) is 0.890. The molecule has 1 unspecified atom stereocenters. The van der Waals surface area contributed by atoms with Crippen molar-refractivity contribution in [2.24, 2.45) is 5.73 Å². The van der Waals surface area contributed by atoms with E-state index in [1.165, 1.54) is 18.9 Å². The largest absolute Gasteiger partial charge is 0.492 e. The predicted molar refractivity (Wildman–Crippen MR) is 74.9 cm³/mol. The van der Waals surface area contributed by atoms with E-state index in [1.54, 1.807) is 13.0 Å². The molecule has 3 nitrogen and oxygen atoms in total. The van der Waals surface area contributed by atoms with Gasteiger partial charge in [-0.2, -0.15) is 0 Å². The van der Waals surface area contributed by atoms with Crippen molar-refractivity contribution < 1.29 is 9.13 Å². The Bertz CT molecular complexity index is 428. The maximum absolute atomic E-state index is 13.6. The Morgan fingerprint density at radius 1 is 1.37 bits per heavy atom. The van der Waals surface area contributed by atoms with Crippen LogP contribution >= 0.6 is 0 Å². The maximum atomic E-state index is 13.6. The molecular weight excluding hydrogens is 243 g/mol. The van der Waals surface area contributed by atoms with Crippen molar-refractivity contribution in [1.29, 1.82) is 0 Å². The Kier molecular flexibility index (Phi) is 4.77. The summed E-state index contributed by atoms with van der Waals surface area (Å²) in [6.45, 7) is 7.46. The number of nitrogens with two attached hydrogens (primary N) is 1. The lowest BCUT2D eigenvalue weighted by molar-refractivity contribution is 0.235. The van der Waals surface area contributed by atoms with Crippen LogP contribution in [0.2, 0.25) is 0 Å². The lowest BCUT2D eigenvalue weighted by Gasteiger charge is -2.18. The number of hydrogen-bond donors (Lipinski definition) is 1. The minimum atomic E-state index is -0.225. The number of benzene rings is 1. The van der Waals surface area contributed by atoms with E-state index in [0.717, 1.165) is 25.2 Å². The maximum Gasteiger partial charge on any atom is 0.126 e. The molecule has 2 rings (SSSR count). The summed E-state index contributed by atoms with van der Waals surface area (Å²) in [7, 11) is 0. The minimum Gasteiger partial charge on any atom is -0.492 e. The average molecular weight is 266 g/mol. The normalized spacial score (nSPS) is 17.7. The summed E-state index contributed by atoms with van der Waals surface area (Å²) in [5.41, 5.74) is 7.21. The fourth-order valence-electron chi connectivity index (χ4n) is 2.44. The summed E-state index contributed by atoms with van der Waals surface area (Å²) in [5, 5.41) is 0. The molecule has 2 N–H and O–H groups in total. The van der Waals surface area contributed by atoms with Crippen molar-refractivity contribution in [1.82, 2.24) is 4.90 Å². The van der Waals surface area contributed by atoms with E-state index in [0.29, 0.717) is 17.9 Å². The molecule has 1 aromatic rings. The number of likely N-dealkylation sites (tertiary alicyclic amines) is 1. The average Bonchev–Trinajstić information content (AvgIpc) is 2.86. The molecule has 1 fully saturated rings. The van der Waals surface area contributed by atoms with Crippen molar-refractivity contribution in [3.8, 4) is 5.75 Å². The first kappa shape index (κ1) is 14.3. The number of rotatable bonds is 5. The highest BCUT2D eigenvalue weighted by atomic mass is 19.1. The first-order valence-electron chi connectivity index (χ1n) is 6.98. The summed E-state index contributed by atoms with van der Waals surface area (Å²) in [6, 6.07) is 3.01. The molecule has 0 bridgehead atoms. The van der Waals surface area contributed by atoms with Gasteiger partial charge in [0.05, 0.1) is 0 Å². The molecule has 1 heterocycles. The number of halogens is 1. The Labute approximate surface area is 114 Å². The second-order valence-electron chi connectivity index (χ2n) is 5.33. The third kappa shape index (κ3) is 3.67. The van der Waals surface area contributed by atoms with Crippen LogP contribution in [0.1, 0.15) is 36.9 Å². The molecule has 0 spiro atoms. The first-order valence-corrected chi connectivity index (χ1v) is 6.98. The van der Waals surface area contributed by atoms with Crippen LogP contribution in [-0.4, -0.2) is 31.1 Å². The fraction of sp³-hybridized carbons (Fsp3) is 0.600. The molecule has 19 heavy (non-hydrogen) atoms. The van der Waals surface area contributed by atoms with Crippen LogP contribution < -0.4 is 10.5 Å². The Morgan fingerprint density at radius 2 is 2.05 bits per heavy atom. The van der Waals surface area contributed by atoms with Crippen molar-refractivity contribution in [3.63, 3.8) is 0 Å². The monoisotopic (exact) mass is 266 g/mol. The van der Waals surface area contributed by atoms with Gasteiger partial charge in [-0.05, 0) is 57.5 Å². The minimum absolute atomic E-state index is 0.223. The number of ether oxygens (including phenoxy) is 1. The summed E-state index contributed by atoms with van der Waals surface area (Å²) < 4.78 is 19.4. The lowest BCUT2D eigenvalue weighted by atomic mass is 10.1. The van der Waals surface area contributed by atoms with Gasteiger partial charge in [0.25, 0.3) is 0 Å². The zero-order valence-corrected chi connectivity index (χ0v) is 11.8. The van der Waals surface area contributed by atoms with Crippen LogP contribution in [0.4, 0.5) is 4.39 Å². The lowest BCUT2D eigenvalue weighted by Crippen LogP contribution is -2.25. The van der Waals surface area contributed by atoms with Crippen LogP contribution in [0.3, 0.4) is 0 Å². The van der Waals surface area contributed by atoms with E-state index in [-0.39, 0.29) is 11.9 Å². The highest BCUT2D eigenvalue weighted by Crippen LogP contribution is 2.27. The van der Waals surface area contributed by atoms with E-state index < -0.39 is 0 Å². The highest BCUT2D eigenvalue weighted by Gasteiger charge is 2.14. The van der Waals surface area contributed by atoms with Gasteiger partial charge in [0, 0.05) is 18.2 Å². The van der Waals surface area contributed by atoms with Gasteiger partial charge in [0.1, 0.15) is 18.2 Å². The van der Waals surface area contributed by atoms with Gasteiger partial charge in [-0.3, -0.25) is 4.90 Å².